The van der Waals surface area contributed by atoms with Gasteiger partial charge >= 0.3 is 0 Å². The molecule has 0 spiro atoms. The summed E-state index contributed by atoms with van der Waals surface area (Å²) in [6, 6.07) is 1.70. The molecule has 0 radical (unpaired) electrons. The molecule has 3 heterocycles. The molecule has 114 valence electrons. The van der Waals surface area contributed by atoms with Crippen LogP contribution >= 0.6 is 11.3 Å². The largest absolute Gasteiger partial charge is 0.356 e. The molecular weight excluding hydrogens is 308 g/mol. The molecule has 21 heavy (non-hydrogen) atoms. The second kappa shape index (κ2) is 5.55. The first kappa shape index (κ1) is 14.7. The summed E-state index contributed by atoms with van der Waals surface area (Å²) in [7, 11) is -3.37. The Kier molecular flexibility index (Phi) is 3.90. The molecule has 0 amide bonds. The predicted molar refractivity (Wildman–Crippen MR) is 81.9 cm³/mol. The van der Waals surface area contributed by atoms with Crippen LogP contribution in [0.2, 0.25) is 0 Å². The van der Waals surface area contributed by atoms with Gasteiger partial charge in [-0.2, -0.15) is 4.31 Å². The summed E-state index contributed by atoms with van der Waals surface area (Å²) in [5, 5.41) is 5.75. The Hall–Kier alpha value is -1.18. The van der Waals surface area contributed by atoms with Gasteiger partial charge in [0.15, 0.2) is 5.76 Å². The van der Waals surface area contributed by atoms with Gasteiger partial charge in [-0.05, 0) is 32.8 Å². The number of aromatic nitrogens is 1. The zero-order valence-electron chi connectivity index (χ0n) is 12.1. The summed E-state index contributed by atoms with van der Waals surface area (Å²) < 4.78 is 32.5. The summed E-state index contributed by atoms with van der Waals surface area (Å²) in [5.41, 5.74) is 2.57. The Morgan fingerprint density at radius 3 is 2.57 bits per heavy atom. The molecule has 1 fully saturated rings. The molecular formula is C14H18N2O3S2. The fourth-order valence-electron chi connectivity index (χ4n) is 2.49. The van der Waals surface area contributed by atoms with E-state index in [-0.39, 0.29) is 0 Å². The van der Waals surface area contributed by atoms with Crippen molar-refractivity contribution in [3.8, 4) is 11.3 Å². The second-order valence-corrected chi connectivity index (χ2v) is 8.42. The molecule has 1 aliphatic rings. The maximum absolute atomic E-state index is 12.6. The molecule has 2 aromatic heterocycles. The van der Waals surface area contributed by atoms with E-state index in [0.29, 0.717) is 23.1 Å². The third-order valence-corrected chi connectivity index (χ3v) is 7.22. The van der Waals surface area contributed by atoms with Crippen LogP contribution < -0.4 is 0 Å². The number of hydrogen-bond donors (Lipinski definition) is 0. The maximum Gasteiger partial charge on any atom is 0.252 e. The lowest BCUT2D eigenvalue weighted by molar-refractivity contribution is 0.347. The van der Waals surface area contributed by atoms with Gasteiger partial charge in [0.2, 0.25) is 0 Å². The monoisotopic (exact) mass is 326 g/mol. The Bertz CT molecular complexity index is 740. The van der Waals surface area contributed by atoms with Crippen molar-refractivity contribution in [2.75, 3.05) is 13.1 Å². The van der Waals surface area contributed by atoms with E-state index in [2.05, 4.69) is 5.16 Å². The molecule has 2 aromatic rings. The number of nitrogens with zero attached hydrogens (tertiary/aromatic N) is 2. The zero-order chi connectivity index (χ0) is 15.0. The molecule has 0 aliphatic carbocycles. The molecule has 0 saturated carbocycles. The van der Waals surface area contributed by atoms with E-state index in [9.17, 15) is 8.42 Å². The first-order chi connectivity index (χ1) is 10.00. The summed E-state index contributed by atoms with van der Waals surface area (Å²) in [4.78, 5) is 0. The second-order valence-electron chi connectivity index (χ2n) is 5.34. The number of aryl methyl sites for hydroxylation is 1. The number of piperidine rings is 1. The molecule has 1 saturated heterocycles. The van der Waals surface area contributed by atoms with Gasteiger partial charge in [0.05, 0.1) is 5.69 Å². The zero-order valence-corrected chi connectivity index (χ0v) is 13.8. The highest BCUT2D eigenvalue weighted by atomic mass is 32.2. The molecule has 0 aromatic carbocycles. The van der Waals surface area contributed by atoms with Crippen LogP contribution in [0.4, 0.5) is 0 Å². The summed E-state index contributed by atoms with van der Waals surface area (Å²) in [6.45, 7) is 5.05. The molecule has 3 rings (SSSR count). The van der Waals surface area contributed by atoms with E-state index in [1.807, 2.05) is 19.2 Å². The van der Waals surface area contributed by atoms with Crippen LogP contribution in [0.3, 0.4) is 0 Å². The molecule has 0 bridgehead atoms. The van der Waals surface area contributed by atoms with Gasteiger partial charge in [0.1, 0.15) is 4.21 Å². The smallest absolute Gasteiger partial charge is 0.252 e. The van der Waals surface area contributed by atoms with Gasteiger partial charge in [-0.1, -0.05) is 11.6 Å². The van der Waals surface area contributed by atoms with Gasteiger partial charge in [0.25, 0.3) is 10.0 Å². The first-order valence-corrected chi connectivity index (χ1v) is 9.34. The van der Waals surface area contributed by atoms with Crippen molar-refractivity contribution in [2.24, 2.45) is 0 Å². The van der Waals surface area contributed by atoms with E-state index in [1.54, 1.807) is 10.4 Å². The van der Waals surface area contributed by atoms with Crippen LogP contribution in [-0.4, -0.2) is 31.0 Å². The fourth-order valence-corrected chi connectivity index (χ4v) is 5.32. The lowest BCUT2D eigenvalue weighted by Crippen LogP contribution is -2.35. The van der Waals surface area contributed by atoms with Crippen LogP contribution in [0, 0.1) is 13.8 Å². The molecule has 0 unspecified atom stereocenters. The number of rotatable bonds is 3. The quantitative estimate of drug-likeness (QED) is 0.869. The highest BCUT2D eigenvalue weighted by Crippen LogP contribution is 2.33. The van der Waals surface area contributed by atoms with Crippen molar-refractivity contribution < 1.29 is 12.9 Å². The Morgan fingerprint density at radius 2 is 1.95 bits per heavy atom. The minimum absolute atomic E-state index is 0.382. The number of sulfonamides is 1. The Labute approximate surface area is 128 Å². The Balaban J connectivity index is 1.92. The standard InChI is InChI=1S/C14H18N2O3S2/c1-10-11(2)15-19-14(10)12-8-13(20-9-12)21(17,18)16-6-4-3-5-7-16/h8-9H,3-7H2,1-2H3. The van der Waals surface area contributed by atoms with Crippen molar-refractivity contribution in [1.29, 1.82) is 0 Å². The fraction of sp³-hybridized carbons (Fsp3) is 0.500. The van der Waals surface area contributed by atoms with Crippen molar-refractivity contribution in [2.45, 2.75) is 37.3 Å². The van der Waals surface area contributed by atoms with Gasteiger partial charge in [-0.15, -0.1) is 11.3 Å². The van der Waals surface area contributed by atoms with Crippen LogP contribution in [0.1, 0.15) is 30.5 Å². The van der Waals surface area contributed by atoms with E-state index in [0.717, 1.165) is 36.1 Å². The van der Waals surface area contributed by atoms with Crippen LogP contribution in [0.25, 0.3) is 11.3 Å². The normalized spacial score (nSPS) is 17.2. The molecule has 1 aliphatic heterocycles. The summed E-state index contributed by atoms with van der Waals surface area (Å²) >= 11 is 1.25. The van der Waals surface area contributed by atoms with Crippen LogP contribution in [0.15, 0.2) is 20.2 Å². The van der Waals surface area contributed by atoms with Crippen LogP contribution in [-0.2, 0) is 10.0 Å². The number of thiophene rings is 1. The molecule has 5 nitrogen and oxygen atoms in total. The van der Waals surface area contributed by atoms with Gasteiger partial charge in [-0.25, -0.2) is 8.42 Å². The van der Waals surface area contributed by atoms with Crippen molar-refractivity contribution in [1.82, 2.24) is 9.46 Å². The molecule has 0 atom stereocenters. The van der Waals surface area contributed by atoms with Crippen molar-refractivity contribution in [3.63, 3.8) is 0 Å². The molecule has 0 N–H and O–H groups in total. The minimum atomic E-state index is -3.37. The predicted octanol–water partition coefficient (Wildman–Crippen LogP) is 3.19. The SMILES string of the molecule is Cc1noc(-c2csc(S(=O)(=O)N3CCCCC3)c2)c1C. The number of hydrogen-bond acceptors (Lipinski definition) is 5. The van der Waals surface area contributed by atoms with Crippen molar-refractivity contribution >= 4 is 21.4 Å². The maximum atomic E-state index is 12.6. The van der Waals surface area contributed by atoms with E-state index in [4.69, 9.17) is 4.52 Å². The van der Waals surface area contributed by atoms with E-state index in [1.165, 1.54) is 11.3 Å². The van der Waals surface area contributed by atoms with Gasteiger partial charge < -0.3 is 4.52 Å². The van der Waals surface area contributed by atoms with Gasteiger partial charge in [-0.3, -0.25) is 0 Å². The topological polar surface area (TPSA) is 63.4 Å². The lowest BCUT2D eigenvalue weighted by atomic mass is 10.1. The van der Waals surface area contributed by atoms with Crippen molar-refractivity contribution in [3.05, 3.63) is 22.7 Å². The first-order valence-electron chi connectivity index (χ1n) is 7.02. The molecule has 7 heteroatoms. The average Bonchev–Trinajstić information content (AvgIpc) is 3.09. The lowest BCUT2D eigenvalue weighted by Gasteiger charge is -2.25. The van der Waals surface area contributed by atoms with E-state index < -0.39 is 10.0 Å². The third-order valence-electron chi connectivity index (χ3n) is 3.90. The highest BCUT2D eigenvalue weighted by Gasteiger charge is 2.28. The third kappa shape index (κ3) is 2.65. The van der Waals surface area contributed by atoms with Gasteiger partial charge in [0, 0.05) is 29.6 Å². The highest BCUT2D eigenvalue weighted by molar-refractivity contribution is 7.91. The van der Waals surface area contributed by atoms with Crippen LogP contribution in [0.5, 0.6) is 0 Å². The Morgan fingerprint density at radius 1 is 1.24 bits per heavy atom. The summed E-state index contributed by atoms with van der Waals surface area (Å²) in [5.74, 6) is 0.656. The minimum Gasteiger partial charge on any atom is -0.356 e. The average molecular weight is 326 g/mol. The van der Waals surface area contributed by atoms with E-state index >= 15 is 0 Å². The summed E-state index contributed by atoms with van der Waals surface area (Å²) in [6.07, 6.45) is 2.99.